The molecule has 0 spiro atoms. The Morgan fingerprint density at radius 1 is 1.20 bits per heavy atom. The van der Waals surface area contributed by atoms with Crippen molar-refractivity contribution in [3.63, 3.8) is 0 Å². The molecule has 2 N–H and O–H groups in total. The van der Waals surface area contributed by atoms with Crippen LogP contribution in [-0.2, 0) is 0 Å². The van der Waals surface area contributed by atoms with E-state index in [0.717, 1.165) is 12.0 Å². The van der Waals surface area contributed by atoms with E-state index in [0.29, 0.717) is 5.75 Å². The molecule has 0 aromatic heterocycles. The van der Waals surface area contributed by atoms with Crippen LogP contribution in [0.2, 0.25) is 0 Å². The number of rotatable bonds is 2. The molecule has 0 amide bonds. The predicted molar refractivity (Wildman–Crippen MR) is 77.2 cm³/mol. The molecule has 20 heavy (non-hydrogen) atoms. The van der Waals surface area contributed by atoms with Crippen LogP contribution in [-0.4, -0.2) is 6.10 Å². The Bertz CT molecular complexity index is 599. The number of ether oxygens (including phenoxy) is 1. The molecule has 1 aliphatic heterocycles. The van der Waals surface area contributed by atoms with Gasteiger partial charge in [0.15, 0.2) is 0 Å². The number of fused-ring (bicyclic) bond motifs is 1. The molecule has 0 saturated carbocycles. The SMILES string of the molecule is CC(c1ccccc1)C1C[C@@H](N)c2ccc(F)cc2O1. The molecule has 0 aliphatic carbocycles. The molecule has 3 heteroatoms. The van der Waals surface area contributed by atoms with E-state index in [1.807, 2.05) is 18.2 Å². The number of hydrogen-bond donors (Lipinski definition) is 1. The van der Waals surface area contributed by atoms with Crippen molar-refractivity contribution in [3.8, 4) is 5.75 Å². The first-order chi connectivity index (χ1) is 9.65. The predicted octanol–water partition coefficient (Wildman–Crippen LogP) is 3.78. The van der Waals surface area contributed by atoms with Gasteiger partial charge in [-0.2, -0.15) is 0 Å². The second kappa shape index (κ2) is 5.25. The van der Waals surface area contributed by atoms with Crippen LogP contribution >= 0.6 is 0 Å². The Kier molecular flexibility index (Phi) is 3.45. The van der Waals surface area contributed by atoms with E-state index in [4.69, 9.17) is 10.5 Å². The zero-order chi connectivity index (χ0) is 14.1. The number of hydrogen-bond acceptors (Lipinski definition) is 2. The van der Waals surface area contributed by atoms with Gasteiger partial charge in [-0.25, -0.2) is 4.39 Å². The average molecular weight is 271 g/mol. The standard InChI is InChI=1S/C17H18FNO/c1-11(12-5-3-2-4-6-12)16-10-15(19)14-8-7-13(18)9-17(14)20-16/h2-9,11,15-16H,10,19H2,1H3/t11?,15-,16?/m1/s1. The summed E-state index contributed by atoms with van der Waals surface area (Å²) in [5.74, 6) is 0.513. The van der Waals surface area contributed by atoms with E-state index in [1.54, 1.807) is 6.07 Å². The smallest absolute Gasteiger partial charge is 0.127 e. The summed E-state index contributed by atoms with van der Waals surface area (Å²) in [6, 6.07) is 14.7. The van der Waals surface area contributed by atoms with E-state index >= 15 is 0 Å². The lowest BCUT2D eigenvalue weighted by Crippen LogP contribution is -2.33. The van der Waals surface area contributed by atoms with Gasteiger partial charge in [-0.1, -0.05) is 43.3 Å². The van der Waals surface area contributed by atoms with E-state index < -0.39 is 0 Å². The van der Waals surface area contributed by atoms with Gasteiger partial charge in [-0.15, -0.1) is 0 Å². The van der Waals surface area contributed by atoms with Crippen molar-refractivity contribution in [1.82, 2.24) is 0 Å². The van der Waals surface area contributed by atoms with Gasteiger partial charge in [0.25, 0.3) is 0 Å². The highest BCUT2D eigenvalue weighted by molar-refractivity contribution is 5.39. The Labute approximate surface area is 118 Å². The molecule has 2 nitrogen and oxygen atoms in total. The van der Waals surface area contributed by atoms with Crippen molar-refractivity contribution < 1.29 is 9.13 Å². The molecule has 104 valence electrons. The van der Waals surface area contributed by atoms with Gasteiger partial charge in [0.2, 0.25) is 0 Å². The molecular formula is C17H18FNO. The fourth-order valence-electron chi connectivity index (χ4n) is 2.78. The summed E-state index contributed by atoms with van der Waals surface area (Å²) in [5.41, 5.74) is 8.30. The van der Waals surface area contributed by atoms with Gasteiger partial charge in [0, 0.05) is 30.0 Å². The molecule has 3 rings (SSSR count). The monoisotopic (exact) mass is 271 g/mol. The van der Waals surface area contributed by atoms with Crippen molar-refractivity contribution in [1.29, 1.82) is 0 Å². The lowest BCUT2D eigenvalue weighted by atomic mass is 9.87. The summed E-state index contributed by atoms with van der Waals surface area (Å²) in [7, 11) is 0. The molecule has 2 aromatic carbocycles. The minimum absolute atomic E-state index is 0.0262. The Morgan fingerprint density at radius 3 is 2.70 bits per heavy atom. The molecule has 0 radical (unpaired) electrons. The first kappa shape index (κ1) is 13.1. The Morgan fingerprint density at radius 2 is 1.95 bits per heavy atom. The van der Waals surface area contributed by atoms with Crippen molar-refractivity contribution in [2.75, 3.05) is 0 Å². The maximum atomic E-state index is 13.4. The highest BCUT2D eigenvalue weighted by Crippen LogP contribution is 2.38. The summed E-state index contributed by atoms with van der Waals surface area (Å²) in [6.07, 6.45) is 0.719. The Hall–Kier alpha value is -1.87. The Balaban J connectivity index is 1.87. The van der Waals surface area contributed by atoms with Crippen LogP contribution in [0.15, 0.2) is 48.5 Å². The molecule has 0 bridgehead atoms. The number of benzene rings is 2. The van der Waals surface area contributed by atoms with E-state index in [1.165, 1.54) is 17.7 Å². The van der Waals surface area contributed by atoms with Gasteiger partial charge < -0.3 is 10.5 Å². The second-order valence-electron chi connectivity index (χ2n) is 5.38. The molecule has 0 saturated heterocycles. The first-order valence-corrected chi connectivity index (χ1v) is 6.92. The van der Waals surface area contributed by atoms with Gasteiger partial charge in [0.1, 0.15) is 17.7 Å². The average Bonchev–Trinajstić information content (AvgIpc) is 2.46. The van der Waals surface area contributed by atoms with Gasteiger partial charge in [-0.05, 0) is 11.6 Å². The van der Waals surface area contributed by atoms with Gasteiger partial charge in [0.05, 0.1) is 0 Å². The summed E-state index contributed by atoms with van der Waals surface area (Å²) >= 11 is 0. The summed E-state index contributed by atoms with van der Waals surface area (Å²) < 4.78 is 19.3. The first-order valence-electron chi connectivity index (χ1n) is 6.92. The molecule has 2 unspecified atom stereocenters. The third kappa shape index (κ3) is 2.41. The van der Waals surface area contributed by atoms with Crippen LogP contribution in [0.5, 0.6) is 5.75 Å². The van der Waals surface area contributed by atoms with Crippen LogP contribution in [0.4, 0.5) is 4.39 Å². The van der Waals surface area contributed by atoms with E-state index in [-0.39, 0.29) is 23.9 Å². The van der Waals surface area contributed by atoms with Crippen LogP contribution in [0.25, 0.3) is 0 Å². The summed E-state index contributed by atoms with van der Waals surface area (Å²) in [4.78, 5) is 0. The third-order valence-corrected chi connectivity index (χ3v) is 4.02. The van der Waals surface area contributed by atoms with E-state index in [2.05, 4.69) is 19.1 Å². The fraction of sp³-hybridized carbons (Fsp3) is 0.294. The fourth-order valence-corrected chi connectivity index (χ4v) is 2.78. The van der Waals surface area contributed by atoms with Gasteiger partial charge in [-0.3, -0.25) is 0 Å². The lowest BCUT2D eigenvalue weighted by molar-refractivity contribution is 0.136. The molecule has 2 aromatic rings. The quantitative estimate of drug-likeness (QED) is 0.902. The van der Waals surface area contributed by atoms with Crippen molar-refractivity contribution in [3.05, 3.63) is 65.5 Å². The minimum atomic E-state index is -0.288. The van der Waals surface area contributed by atoms with Crippen LogP contribution in [0, 0.1) is 5.82 Å². The number of halogens is 1. The summed E-state index contributed by atoms with van der Waals surface area (Å²) in [5, 5.41) is 0. The molecule has 1 heterocycles. The zero-order valence-electron chi connectivity index (χ0n) is 11.4. The third-order valence-electron chi connectivity index (χ3n) is 4.02. The lowest BCUT2D eigenvalue weighted by Gasteiger charge is -2.34. The van der Waals surface area contributed by atoms with Crippen molar-refractivity contribution in [2.45, 2.75) is 31.4 Å². The number of nitrogens with two attached hydrogens (primary N) is 1. The van der Waals surface area contributed by atoms with Crippen LogP contribution in [0.1, 0.15) is 36.4 Å². The maximum Gasteiger partial charge on any atom is 0.127 e. The van der Waals surface area contributed by atoms with Crippen LogP contribution < -0.4 is 10.5 Å². The van der Waals surface area contributed by atoms with E-state index in [9.17, 15) is 4.39 Å². The van der Waals surface area contributed by atoms with Crippen molar-refractivity contribution in [2.24, 2.45) is 5.73 Å². The molecule has 0 fully saturated rings. The van der Waals surface area contributed by atoms with Crippen LogP contribution in [0.3, 0.4) is 0 Å². The molecule has 1 aliphatic rings. The summed E-state index contributed by atoms with van der Waals surface area (Å²) in [6.45, 7) is 2.12. The second-order valence-corrected chi connectivity index (χ2v) is 5.38. The maximum absolute atomic E-state index is 13.4. The largest absolute Gasteiger partial charge is 0.489 e. The zero-order valence-corrected chi connectivity index (χ0v) is 11.4. The van der Waals surface area contributed by atoms with Gasteiger partial charge >= 0.3 is 0 Å². The molecular weight excluding hydrogens is 253 g/mol. The minimum Gasteiger partial charge on any atom is -0.489 e. The highest BCUT2D eigenvalue weighted by atomic mass is 19.1. The molecule has 3 atom stereocenters. The van der Waals surface area contributed by atoms with Crippen molar-refractivity contribution >= 4 is 0 Å². The topological polar surface area (TPSA) is 35.2 Å². The normalized spacial score (nSPS) is 22.8. The highest BCUT2D eigenvalue weighted by Gasteiger charge is 2.30.